The van der Waals surface area contributed by atoms with Gasteiger partial charge < -0.3 is 15.7 Å². The quantitative estimate of drug-likeness (QED) is 0.669. The van der Waals surface area contributed by atoms with Crippen molar-refractivity contribution in [1.29, 1.82) is 0 Å². The van der Waals surface area contributed by atoms with Gasteiger partial charge in [0.25, 0.3) is 0 Å². The first-order valence-electron chi connectivity index (χ1n) is 4.40. The lowest BCUT2D eigenvalue weighted by Crippen LogP contribution is -2.15. The Morgan fingerprint density at radius 3 is 3.31 bits per heavy atom. The van der Waals surface area contributed by atoms with Crippen LogP contribution in [0.1, 0.15) is 6.42 Å². The normalized spacial score (nSPS) is 22.8. The molecule has 5 heteroatoms. The number of nitrogens with zero attached hydrogens (tertiary/aromatic N) is 2. The molecule has 0 radical (unpaired) electrons. The molecule has 1 unspecified atom stereocenters. The molecule has 2 aliphatic rings. The van der Waals surface area contributed by atoms with Crippen molar-refractivity contribution in [1.82, 2.24) is 4.90 Å². The molecule has 0 spiro atoms. The van der Waals surface area contributed by atoms with Crippen LogP contribution in [0.5, 0.6) is 0 Å². The van der Waals surface area contributed by atoms with Crippen molar-refractivity contribution in [3.8, 4) is 0 Å². The van der Waals surface area contributed by atoms with Crippen molar-refractivity contribution < 1.29 is 5.11 Å². The van der Waals surface area contributed by atoms with E-state index in [9.17, 15) is 5.11 Å². The molecule has 3 N–H and O–H groups in total. The Kier molecular flexibility index (Phi) is 2.57. The molecule has 1 atom stereocenters. The first-order valence-corrected chi connectivity index (χ1v) is 5.21. The highest BCUT2D eigenvalue weighted by atomic mass is 32.2. The lowest BCUT2D eigenvalue weighted by Gasteiger charge is -2.07. The van der Waals surface area contributed by atoms with E-state index in [0.29, 0.717) is 13.0 Å². The third-order valence-electron chi connectivity index (χ3n) is 2.09. The standard InChI is InChI=1S/C8H13N3OS/c9-2-1-6(12)7-5-11-4-3-10-8(11)13-7/h5-6,12H,1-4,9H2. The fourth-order valence-corrected chi connectivity index (χ4v) is 2.45. The average Bonchev–Trinajstić information content (AvgIpc) is 2.61. The minimum absolute atomic E-state index is 0.414. The molecule has 2 rings (SSSR count). The Bertz CT molecular complexity index is 264. The van der Waals surface area contributed by atoms with Crippen molar-refractivity contribution in [2.75, 3.05) is 19.6 Å². The molecule has 0 aliphatic carbocycles. The summed E-state index contributed by atoms with van der Waals surface area (Å²) in [5, 5.41) is 10.7. The summed E-state index contributed by atoms with van der Waals surface area (Å²) in [5.41, 5.74) is 5.37. The topological polar surface area (TPSA) is 61.9 Å². The second kappa shape index (κ2) is 3.69. The number of rotatable bonds is 3. The van der Waals surface area contributed by atoms with E-state index in [4.69, 9.17) is 5.73 Å². The average molecular weight is 199 g/mol. The largest absolute Gasteiger partial charge is 0.388 e. The zero-order valence-electron chi connectivity index (χ0n) is 7.31. The molecule has 13 heavy (non-hydrogen) atoms. The zero-order valence-corrected chi connectivity index (χ0v) is 8.13. The second-order valence-corrected chi connectivity index (χ2v) is 4.13. The summed E-state index contributed by atoms with van der Waals surface area (Å²) in [6.45, 7) is 2.34. The maximum absolute atomic E-state index is 9.65. The highest BCUT2D eigenvalue weighted by Crippen LogP contribution is 2.33. The predicted octanol–water partition coefficient (Wildman–Crippen LogP) is -0.0441. The SMILES string of the molecule is NCCC(O)C1=CN2CCN=C2S1. The number of hydrogen-bond donors (Lipinski definition) is 2. The van der Waals surface area contributed by atoms with E-state index in [2.05, 4.69) is 9.89 Å². The van der Waals surface area contributed by atoms with E-state index in [0.717, 1.165) is 23.2 Å². The van der Waals surface area contributed by atoms with Crippen LogP contribution < -0.4 is 5.73 Å². The molecule has 72 valence electrons. The highest BCUT2D eigenvalue weighted by Gasteiger charge is 2.27. The van der Waals surface area contributed by atoms with Crippen molar-refractivity contribution in [2.24, 2.45) is 10.7 Å². The van der Waals surface area contributed by atoms with Crippen molar-refractivity contribution >= 4 is 16.9 Å². The number of amidine groups is 1. The van der Waals surface area contributed by atoms with Gasteiger partial charge in [0.15, 0.2) is 5.17 Å². The summed E-state index contributed by atoms with van der Waals surface area (Å²) in [6.07, 6.45) is 2.19. The molecule has 0 saturated heterocycles. The summed E-state index contributed by atoms with van der Waals surface area (Å²) >= 11 is 1.56. The smallest absolute Gasteiger partial charge is 0.168 e. The maximum Gasteiger partial charge on any atom is 0.168 e. The van der Waals surface area contributed by atoms with Crippen molar-refractivity contribution in [2.45, 2.75) is 12.5 Å². The Hall–Kier alpha value is -0.520. The van der Waals surface area contributed by atoms with Gasteiger partial charge in [-0.1, -0.05) is 11.8 Å². The van der Waals surface area contributed by atoms with E-state index >= 15 is 0 Å². The van der Waals surface area contributed by atoms with Gasteiger partial charge in [-0.05, 0) is 13.0 Å². The van der Waals surface area contributed by atoms with Crippen LogP contribution in [-0.4, -0.2) is 40.9 Å². The Morgan fingerprint density at radius 1 is 1.77 bits per heavy atom. The first kappa shape index (κ1) is 9.05. The fraction of sp³-hybridized carbons (Fsp3) is 0.625. The maximum atomic E-state index is 9.65. The van der Waals surface area contributed by atoms with Gasteiger partial charge in [-0.2, -0.15) is 0 Å². The molecular weight excluding hydrogens is 186 g/mol. The summed E-state index contributed by atoms with van der Waals surface area (Å²) < 4.78 is 0. The Morgan fingerprint density at radius 2 is 2.62 bits per heavy atom. The lowest BCUT2D eigenvalue weighted by molar-refractivity contribution is 0.211. The van der Waals surface area contributed by atoms with Crippen molar-refractivity contribution in [3.05, 3.63) is 11.1 Å². The molecule has 0 aromatic heterocycles. The van der Waals surface area contributed by atoms with Gasteiger partial charge >= 0.3 is 0 Å². The Labute approximate surface area is 81.5 Å². The second-order valence-electron chi connectivity index (χ2n) is 3.08. The van der Waals surface area contributed by atoms with E-state index in [1.165, 1.54) is 0 Å². The molecule has 0 aromatic rings. The van der Waals surface area contributed by atoms with Gasteiger partial charge in [-0.3, -0.25) is 4.99 Å². The van der Waals surface area contributed by atoms with Crippen LogP contribution in [0.25, 0.3) is 0 Å². The van der Waals surface area contributed by atoms with Crippen LogP contribution in [0, 0.1) is 0 Å². The van der Waals surface area contributed by atoms with Gasteiger partial charge in [0.1, 0.15) is 0 Å². The Balaban J connectivity index is 2.00. The summed E-state index contributed by atoms with van der Waals surface area (Å²) in [7, 11) is 0. The van der Waals surface area contributed by atoms with Crippen molar-refractivity contribution in [3.63, 3.8) is 0 Å². The first-order chi connectivity index (χ1) is 6.31. The van der Waals surface area contributed by atoms with Crippen LogP contribution >= 0.6 is 11.8 Å². The zero-order chi connectivity index (χ0) is 9.26. The molecule has 0 aromatic carbocycles. The molecule has 2 aliphatic heterocycles. The molecule has 0 amide bonds. The van der Waals surface area contributed by atoms with Gasteiger partial charge in [-0.15, -0.1) is 0 Å². The predicted molar refractivity (Wildman–Crippen MR) is 54.4 cm³/mol. The number of aliphatic hydroxyl groups excluding tert-OH is 1. The summed E-state index contributed by atoms with van der Waals surface area (Å²) in [5.74, 6) is 0. The van der Waals surface area contributed by atoms with Crippen LogP contribution in [0.4, 0.5) is 0 Å². The highest BCUT2D eigenvalue weighted by molar-refractivity contribution is 8.17. The molecule has 0 fully saturated rings. The lowest BCUT2D eigenvalue weighted by atomic mass is 10.2. The van der Waals surface area contributed by atoms with E-state index < -0.39 is 6.10 Å². The summed E-state index contributed by atoms with van der Waals surface area (Å²) in [4.78, 5) is 7.36. The monoisotopic (exact) mass is 199 g/mol. The minimum Gasteiger partial charge on any atom is -0.388 e. The molecule has 4 nitrogen and oxygen atoms in total. The number of thioether (sulfide) groups is 1. The van der Waals surface area contributed by atoms with Gasteiger partial charge in [0.05, 0.1) is 12.6 Å². The van der Waals surface area contributed by atoms with Gasteiger partial charge in [-0.25, -0.2) is 0 Å². The number of aliphatic hydroxyl groups is 1. The van der Waals surface area contributed by atoms with Crippen LogP contribution in [0.2, 0.25) is 0 Å². The van der Waals surface area contributed by atoms with Gasteiger partial charge in [0.2, 0.25) is 0 Å². The molecule has 0 bridgehead atoms. The number of nitrogens with two attached hydrogens (primary N) is 1. The summed E-state index contributed by atoms with van der Waals surface area (Å²) in [6, 6.07) is 0. The third-order valence-corrected chi connectivity index (χ3v) is 3.25. The third kappa shape index (κ3) is 1.72. The molecule has 0 saturated carbocycles. The molecular formula is C8H13N3OS. The number of aliphatic imine (C=N–C) groups is 1. The van der Waals surface area contributed by atoms with Crippen LogP contribution in [0.3, 0.4) is 0 Å². The van der Waals surface area contributed by atoms with Gasteiger partial charge in [0, 0.05) is 17.6 Å². The number of fused-ring (bicyclic) bond motifs is 1. The fourth-order valence-electron chi connectivity index (χ4n) is 1.39. The van der Waals surface area contributed by atoms with E-state index in [-0.39, 0.29) is 0 Å². The van der Waals surface area contributed by atoms with E-state index in [1.54, 1.807) is 11.8 Å². The van der Waals surface area contributed by atoms with E-state index in [1.807, 2.05) is 6.20 Å². The molecule has 2 heterocycles. The minimum atomic E-state index is -0.414. The van der Waals surface area contributed by atoms with Crippen LogP contribution in [0.15, 0.2) is 16.1 Å². The number of hydrogen-bond acceptors (Lipinski definition) is 5. The van der Waals surface area contributed by atoms with Crippen LogP contribution in [-0.2, 0) is 0 Å².